The molecular formula is C19H23NO5S. The molecule has 2 aromatic carbocycles. The van der Waals surface area contributed by atoms with Crippen LogP contribution in [0.5, 0.6) is 17.2 Å². The summed E-state index contributed by atoms with van der Waals surface area (Å²) in [6.45, 7) is 4.47. The first-order chi connectivity index (χ1) is 12.4. The third kappa shape index (κ3) is 3.78. The van der Waals surface area contributed by atoms with Crippen LogP contribution in [0, 0.1) is 0 Å². The Bertz CT molecular complexity index is 895. The maximum atomic E-state index is 12.7. The molecule has 0 aromatic heterocycles. The van der Waals surface area contributed by atoms with Crippen LogP contribution in [0.4, 0.5) is 0 Å². The van der Waals surface area contributed by atoms with Crippen molar-refractivity contribution in [2.24, 2.45) is 0 Å². The largest absolute Gasteiger partial charge is 0.496 e. The lowest BCUT2D eigenvalue weighted by atomic mass is 9.98. The van der Waals surface area contributed by atoms with Gasteiger partial charge in [0, 0.05) is 6.54 Å². The Labute approximate surface area is 154 Å². The maximum Gasteiger partial charge on any atom is 0.240 e. The molecule has 0 fully saturated rings. The van der Waals surface area contributed by atoms with Crippen LogP contribution < -0.4 is 18.9 Å². The minimum Gasteiger partial charge on any atom is -0.496 e. The van der Waals surface area contributed by atoms with E-state index in [1.165, 1.54) is 0 Å². The number of hydrogen-bond donors (Lipinski definition) is 1. The van der Waals surface area contributed by atoms with Crippen molar-refractivity contribution >= 4 is 10.0 Å². The fourth-order valence-electron chi connectivity index (χ4n) is 2.80. The predicted octanol–water partition coefficient (Wildman–Crippen LogP) is 3.42. The lowest BCUT2D eigenvalue weighted by molar-refractivity contribution is 0.174. The summed E-state index contributed by atoms with van der Waals surface area (Å²) in [4.78, 5) is 0.231. The van der Waals surface area contributed by atoms with Gasteiger partial charge in [0.15, 0.2) is 11.5 Å². The highest BCUT2D eigenvalue weighted by molar-refractivity contribution is 7.89. The fourth-order valence-corrected chi connectivity index (χ4v) is 3.85. The highest BCUT2D eigenvalue weighted by Gasteiger charge is 2.19. The molecular weight excluding hydrogens is 354 g/mol. The van der Waals surface area contributed by atoms with Crippen LogP contribution in [-0.2, 0) is 16.6 Å². The number of rotatable bonds is 7. The van der Waals surface area contributed by atoms with Gasteiger partial charge in [0.1, 0.15) is 5.75 Å². The van der Waals surface area contributed by atoms with Gasteiger partial charge in [0.2, 0.25) is 16.8 Å². The summed E-state index contributed by atoms with van der Waals surface area (Å²) in [6, 6.07) is 10.3. The van der Waals surface area contributed by atoms with Gasteiger partial charge in [-0.3, -0.25) is 0 Å². The molecule has 2 aromatic rings. The first-order valence-corrected chi connectivity index (χ1v) is 9.99. The number of benzene rings is 2. The van der Waals surface area contributed by atoms with Gasteiger partial charge in [-0.1, -0.05) is 19.9 Å². The number of hydrogen-bond acceptors (Lipinski definition) is 5. The molecule has 1 aliphatic rings. The van der Waals surface area contributed by atoms with Crippen molar-refractivity contribution in [2.75, 3.05) is 13.9 Å². The van der Waals surface area contributed by atoms with E-state index in [9.17, 15) is 8.42 Å². The molecule has 0 spiro atoms. The number of fused-ring (bicyclic) bond motifs is 1. The monoisotopic (exact) mass is 377 g/mol. The third-order valence-electron chi connectivity index (χ3n) is 4.56. The minimum atomic E-state index is -3.64. The molecule has 1 aliphatic heterocycles. The molecule has 6 nitrogen and oxygen atoms in total. The molecule has 0 aliphatic carbocycles. The Morgan fingerprint density at radius 2 is 1.92 bits per heavy atom. The second kappa shape index (κ2) is 7.55. The second-order valence-corrected chi connectivity index (χ2v) is 7.99. The lowest BCUT2D eigenvalue weighted by Crippen LogP contribution is -2.23. The standard InChI is InChI=1S/C19H23NO5S/c1-4-13(2)16-10-15(6-8-17(16)23-3)26(21,22)20-11-14-5-7-18-19(9-14)25-12-24-18/h5-10,13,20H,4,11-12H2,1-3H3. The number of methoxy groups -OCH3 is 1. The molecule has 140 valence electrons. The quantitative estimate of drug-likeness (QED) is 0.800. The normalized spacial score (nSPS) is 14.3. The van der Waals surface area contributed by atoms with Crippen LogP contribution in [0.15, 0.2) is 41.3 Å². The molecule has 1 atom stereocenters. The molecule has 0 saturated heterocycles. The summed E-state index contributed by atoms with van der Waals surface area (Å²) in [5.41, 5.74) is 1.69. The first kappa shape index (κ1) is 18.5. The van der Waals surface area contributed by atoms with Gasteiger partial charge < -0.3 is 14.2 Å². The van der Waals surface area contributed by atoms with Crippen molar-refractivity contribution in [3.05, 3.63) is 47.5 Å². The van der Waals surface area contributed by atoms with E-state index in [2.05, 4.69) is 11.6 Å². The average Bonchev–Trinajstić information content (AvgIpc) is 3.13. The van der Waals surface area contributed by atoms with Crippen LogP contribution in [0.2, 0.25) is 0 Å². The van der Waals surface area contributed by atoms with E-state index in [1.54, 1.807) is 37.4 Å². The Morgan fingerprint density at radius 3 is 2.65 bits per heavy atom. The highest BCUT2D eigenvalue weighted by atomic mass is 32.2. The van der Waals surface area contributed by atoms with Gasteiger partial charge >= 0.3 is 0 Å². The number of ether oxygens (including phenoxy) is 3. The first-order valence-electron chi connectivity index (χ1n) is 8.50. The lowest BCUT2D eigenvalue weighted by Gasteiger charge is -2.16. The van der Waals surface area contributed by atoms with Gasteiger partial charge in [-0.05, 0) is 53.8 Å². The summed E-state index contributed by atoms with van der Waals surface area (Å²) in [5.74, 6) is 2.21. The highest BCUT2D eigenvalue weighted by Crippen LogP contribution is 2.33. The van der Waals surface area contributed by atoms with Crippen LogP contribution in [0.25, 0.3) is 0 Å². The number of nitrogens with one attached hydrogen (secondary N) is 1. The number of sulfonamides is 1. The second-order valence-electron chi connectivity index (χ2n) is 6.23. The summed E-state index contributed by atoms with van der Waals surface area (Å²) < 4.78 is 44.0. The van der Waals surface area contributed by atoms with E-state index in [4.69, 9.17) is 14.2 Å². The molecule has 7 heteroatoms. The maximum absolute atomic E-state index is 12.7. The van der Waals surface area contributed by atoms with Crippen LogP contribution in [-0.4, -0.2) is 22.3 Å². The van der Waals surface area contributed by atoms with Crippen LogP contribution in [0.1, 0.15) is 37.3 Å². The van der Waals surface area contributed by atoms with Crippen molar-refractivity contribution in [2.45, 2.75) is 37.6 Å². The van der Waals surface area contributed by atoms with E-state index in [-0.39, 0.29) is 24.2 Å². The zero-order valence-electron chi connectivity index (χ0n) is 15.1. The molecule has 0 amide bonds. The summed E-state index contributed by atoms with van der Waals surface area (Å²) in [6.07, 6.45) is 0.893. The minimum absolute atomic E-state index is 0.170. The predicted molar refractivity (Wildman–Crippen MR) is 98.3 cm³/mol. The van der Waals surface area contributed by atoms with Gasteiger partial charge in [0.25, 0.3) is 0 Å². The van der Waals surface area contributed by atoms with Crippen molar-refractivity contribution in [3.8, 4) is 17.2 Å². The van der Waals surface area contributed by atoms with Crippen LogP contribution in [0.3, 0.4) is 0 Å². The Hall–Kier alpha value is -2.25. The SMILES string of the molecule is CCC(C)c1cc(S(=O)(=O)NCc2ccc3c(c2)OCO3)ccc1OC. The van der Waals surface area contributed by atoms with E-state index in [1.807, 2.05) is 13.0 Å². The van der Waals surface area contributed by atoms with Gasteiger partial charge in [-0.15, -0.1) is 0 Å². The van der Waals surface area contributed by atoms with E-state index < -0.39 is 10.0 Å². The van der Waals surface area contributed by atoms with E-state index in [0.29, 0.717) is 17.2 Å². The molecule has 1 unspecified atom stereocenters. The zero-order chi connectivity index (χ0) is 18.7. The van der Waals surface area contributed by atoms with Crippen molar-refractivity contribution in [1.82, 2.24) is 4.72 Å². The Kier molecular flexibility index (Phi) is 5.38. The third-order valence-corrected chi connectivity index (χ3v) is 5.96. The van der Waals surface area contributed by atoms with E-state index >= 15 is 0 Å². The fraction of sp³-hybridized carbons (Fsp3) is 0.368. The van der Waals surface area contributed by atoms with Gasteiger partial charge in [-0.25, -0.2) is 13.1 Å². The van der Waals surface area contributed by atoms with E-state index in [0.717, 1.165) is 17.5 Å². The zero-order valence-corrected chi connectivity index (χ0v) is 15.9. The summed E-state index contributed by atoms with van der Waals surface area (Å²) >= 11 is 0. The summed E-state index contributed by atoms with van der Waals surface area (Å²) in [5, 5.41) is 0. The molecule has 0 bridgehead atoms. The Balaban J connectivity index is 1.79. The van der Waals surface area contributed by atoms with Crippen molar-refractivity contribution in [1.29, 1.82) is 0 Å². The van der Waals surface area contributed by atoms with Crippen molar-refractivity contribution < 1.29 is 22.6 Å². The molecule has 26 heavy (non-hydrogen) atoms. The molecule has 1 heterocycles. The average molecular weight is 377 g/mol. The van der Waals surface area contributed by atoms with Crippen LogP contribution >= 0.6 is 0 Å². The molecule has 1 N–H and O–H groups in total. The molecule has 0 saturated carbocycles. The summed E-state index contributed by atoms with van der Waals surface area (Å²) in [7, 11) is -2.05. The molecule has 0 radical (unpaired) electrons. The Morgan fingerprint density at radius 1 is 1.15 bits per heavy atom. The van der Waals surface area contributed by atoms with Gasteiger partial charge in [-0.2, -0.15) is 0 Å². The topological polar surface area (TPSA) is 73.9 Å². The van der Waals surface area contributed by atoms with Crippen molar-refractivity contribution in [3.63, 3.8) is 0 Å². The van der Waals surface area contributed by atoms with Gasteiger partial charge in [0.05, 0.1) is 12.0 Å². The smallest absolute Gasteiger partial charge is 0.240 e. The molecule has 3 rings (SSSR count).